The smallest absolute Gasteiger partial charge is 0.421 e. The Morgan fingerprint density at radius 3 is 2.28 bits per heavy atom. The third kappa shape index (κ3) is 4.21. The number of aromatic nitrogens is 2. The van der Waals surface area contributed by atoms with E-state index in [1.165, 1.54) is 4.90 Å². The Balaban J connectivity index is 2.63. The minimum absolute atomic E-state index is 0.0782. The fraction of sp³-hybridized carbons (Fsp3) is 0.444. The van der Waals surface area contributed by atoms with Crippen molar-refractivity contribution >= 4 is 11.5 Å². The molecule has 2 aromatic rings. The van der Waals surface area contributed by atoms with Crippen LogP contribution in [0.3, 0.4) is 0 Å². The Morgan fingerprint density at radius 2 is 1.72 bits per heavy atom. The molecule has 0 saturated heterocycles. The van der Waals surface area contributed by atoms with Crippen molar-refractivity contribution < 1.29 is 17.9 Å². The molecule has 0 atom stereocenters. The lowest BCUT2D eigenvalue weighted by atomic mass is 9.85. The molecule has 136 valence electrons. The van der Waals surface area contributed by atoms with Crippen LogP contribution in [0.5, 0.6) is 6.01 Å². The molecule has 7 heteroatoms. The zero-order valence-corrected chi connectivity index (χ0v) is 15.0. The number of hydrogen-bond acceptors (Lipinski definition) is 4. The fourth-order valence-corrected chi connectivity index (χ4v) is 2.53. The molecule has 0 amide bonds. The maximum atomic E-state index is 13.4. The molecule has 0 spiro atoms. The summed E-state index contributed by atoms with van der Waals surface area (Å²) in [6.45, 7) is 8.02. The van der Waals surface area contributed by atoms with Gasteiger partial charge in [0, 0.05) is 18.9 Å². The maximum Gasteiger partial charge on any atom is 0.421 e. The lowest BCUT2D eigenvalue weighted by molar-refractivity contribution is -0.137. The van der Waals surface area contributed by atoms with Crippen LogP contribution in [0.25, 0.3) is 0 Å². The molecule has 0 saturated carbocycles. The van der Waals surface area contributed by atoms with Gasteiger partial charge in [0.2, 0.25) is 0 Å². The molecule has 4 nitrogen and oxygen atoms in total. The summed E-state index contributed by atoms with van der Waals surface area (Å²) in [5, 5.41) is 0. The largest absolute Gasteiger partial charge is 0.464 e. The Morgan fingerprint density at radius 1 is 1.08 bits per heavy atom. The van der Waals surface area contributed by atoms with Crippen molar-refractivity contribution in [3.8, 4) is 6.01 Å². The van der Waals surface area contributed by atoms with Crippen molar-refractivity contribution in [1.29, 1.82) is 0 Å². The highest BCUT2D eigenvalue weighted by atomic mass is 19.4. The van der Waals surface area contributed by atoms with Gasteiger partial charge in [0.25, 0.3) is 0 Å². The van der Waals surface area contributed by atoms with Gasteiger partial charge in [-0.15, -0.1) is 0 Å². The van der Waals surface area contributed by atoms with E-state index in [2.05, 4.69) is 9.97 Å². The van der Waals surface area contributed by atoms with Gasteiger partial charge in [-0.3, -0.25) is 0 Å². The lowest BCUT2D eigenvalue weighted by Crippen LogP contribution is -2.23. The number of anilines is 2. The van der Waals surface area contributed by atoms with E-state index in [0.29, 0.717) is 5.69 Å². The summed E-state index contributed by atoms with van der Waals surface area (Å²) in [5.74, 6) is -0.234. The van der Waals surface area contributed by atoms with Crippen molar-refractivity contribution in [1.82, 2.24) is 9.97 Å². The van der Waals surface area contributed by atoms with Gasteiger partial charge < -0.3 is 9.64 Å². The van der Waals surface area contributed by atoms with E-state index >= 15 is 0 Å². The van der Waals surface area contributed by atoms with Gasteiger partial charge in [0.05, 0.1) is 6.61 Å². The first-order chi connectivity index (χ1) is 11.6. The first kappa shape index (κ1) is 19.0. The van der Waals surface area contributed by atoms with Crippen molar-refractivity contribution in [2.45, 2.75) is 39.3 Å². The molecule has 0 aliphatic rings. The number of rotatable bonds is 4. The van der Waals surface area contributed by atoms with Gasteiger partial charge in [0.1, 0.15) is 5.56 Å². The normalized spacial score (nSPS) is 12.2. The standard InChI is InChI=1S/C18H22F3N3O/c1-6-25-16-22-11-13(18(19,20)21)15(23-16)24(5)14-10-8-7-9-12(14)17(2,3)4/h7-11H,6H2,1-5H3. The van der Waals surface area contributed by atoms with E-state index in [1.807, 2.05) is 32.9 Å². The van der Waals surface area contributed by atoms with Crippen LogP contribution in [0.15, 0.2) is 30.5 Å². The third-order valence-corrected chi connectivity index (χ3v) is 3.72. The fourth-order valence-electron chi connectivity index (χ4n) is 2.53. The number of nitrogens with zero attached hydrogens (tertiary/aromatic N) is 3. The van der Waals surface area contributed by atoms with Crippen LogP contribution >= 0.6 is 0 Å². The molecule has 25 heavy (non-hydrogen) atoms. The molecule has 0 fully saturated rings. The van der Waals surface area contributed by atoms with Gasteiger partial charge in [-0.2, -0.15) is 18.2 Å². The highest BCUT2D eigenvalue weighted by Gasteiger charge is 2.37. The molecule has 0 aliphatic carbocycles. The number of ether oxygens (including phenoxy) is 1. The second-order valence-corrected chi connectivity index (χ2v) is 6.65. The Labute approximate surface area is 145 Å². The zero-order valence-electron chi connectivity index (χ0n) is 15.0. The number of para-hydroxylation sites is 1. The topological polar surface area (TPSA) is 38.2 Å². The molecule has 0 unspecified atom stereocenters. The van der Waals surface area contributed by atoms with Crippen LogP contribution in [0.2, 0.25) is 0 Å². The summed E-state index contributed by atoms with van der Waals surface area (Å²) in [4.78, 5) is 9.10. The van der Waals surface area contributed by atoms with E-state index in [1.54, 1.807) is 26.1 Å². The first-order valence-electron chi connectivity index (χ1n) is 7.96. The Hall–Kier alpha value is -2.31. The maximum absolute atomic E-state index is 13.4. The number of alkyl halides is 3. The van der Waals surface area contributed by atoms with Gasteiger partial charge in [-0.05, 0) is 24.0 Å². The second kappa shape index (κ2) is 6.90. The molecule has 1 aromatic heterocycles. The van der Waals surface area contributed by atoms with Crippen molar-refractivity contribution in [2.75, 3.05) is 18.6 Å². The van der Waals surface area contributed by atoms with E-state index in [9.17, 15) is 13.2 Å². The molecule has 1 aromatic carbocycles. The summed E-state index contributed by atoms with van der Waals surface area (Å²) in [6, 6.07) is 7.27. The predicted octanol–water partition coefficient (Wildman–Crippen LogP) is 4.96. The minimum Gasteiger partial charge on any atom is -0.464 e. The quantitative estimate of drug-likeness (QED) is 0.779. The third-order valence-electron chi connectivity index (χ3n) is 3.72. The predicted molar refractivity (Wildman–Crippen MR) is 91.4 cm³/mol. The Kier molecular flexibility index (Phi) is 5.25. The van der Waals surface area contributed by atoms with Crippen molar-refractivity contribution in [3.05, 3.63) is 41.6 Å². The van der Waals surface area contributed by atoms with Crippen LogP contribution in [0, 0.1) is 0 Å². The summed E-state index contributed by atoms with van der Waals surface area (Å²) in [6.07, 6.45) is -3.80. The van der Waals surface area contributed by atoms with Crippen molar-refractivity contribution in [3.63, 3.8) is 0 Å². The summed E-state index contributed by atoms with van der Waals surface area (Å²) < 4.78 is 45.5. The number of benzene rings is 1. The Bertz CT molecular complexity index is 739. The molecule has 0 radical (unpaired) electrons. The molecular weight excluding hydrogens is 331 g/mol. The van der Waals surface area contributed by atoms with Crippen molar-refractivity contribution in [2.24, 2.45) is 0 Å². The van der Waals surface area contributed by atoms with Gasteiger partial charge >= 0.3 is 12.2 Å². The molecule has 0 aliphatic heterocycles. The summed E-state index contributed by atoms with van der Waals surface area (Å²) >= 11 is 0. The lowest BCUT2D eigenvalue weighted by Gasteiger charge is -2.29. The summed E-state index contributed by atoms with van der Waals surface area (Å²) in [5.41, 5.74) is 0.435. The van der Waals surface area contributed by atoms with Crippen LogP contribution in [-0.4, -0.2) is 23.6 Å². The van der Waals surface area contributed by atoms with Gasteiger partial charge in [-0.1, -0.05) is 39.0 Å². The molecular formula is C18H22F3N3O. The van der Waals surface area contributed by atoms with Crippen LogP contribution < -0.4 is 9.64 Å². The minimum atomic E-state index is -4.56. The van der Waals surface area contributed by atoms with E-state index in [4.69, 9.17) is 4.74 Å². The zero-order chi connectivity index (χ0) is 18.8. The average molecular weight is 353 g/mol. The molecule has 2 rings (SSSR count). The van der Waals surface area contributed by atoms with Crippen LogP contribution in [0.4, 0.5) is 24.7 Å². The SMILES string of the molecule is CCOc1ncc(C(F)(F)F)c(N(C)c2ccccc2C(C)(C)C)n1. The molecule has 0 N–H and O–H groups in total. The monoisotopic (exact) mass is 353 g/mol. The highest BCUT2D eigenvalue weighted by Crippen LogP contribution is 2.40. The average Bonchev–Trinajstić information content (AvgIpc) is 2.52. The number of halogens is 3. The van der Waals surface area contributed by atoms with E-state index in [0.717, 1.165) is 11.8 Å². The van der Waals surface area contributed by atoms with Gasteiger partial charge in [0.15, 0.2) is 5.82 Å². The van der Waals surface area contributed by atoms with Crippen LogP contribution in [0.1, 0.15) is 38.8 Å². The first-order valence-corrected chi connectivity index (χ1v) is 7.96. The van der Waals surface area contributed by atoms with E-state index < -0.39 is 11.7 Å². The van der Waals surface area contributed by atoms with E-state index in [-0.39, 0.29) is 23.9 Å². The highest BCUT2D eigenvalue weighted by molar-refractivity contribution is 5.67. The summed E-state index contributed by atoms with van der Waals surface area (Å²) in [7, 11) is 1.57. The van der Waals surface area contributed by atoms with Gasteiger partial charge in [-0.25, -0.2) is 4.98 Å². The molecule has 0 bridgehead atoms. The van der Waals surface area contributed by atoms with Crippen LogP contribution in [-0.2, 0) is 11.6 Å². The second-order valence-electron chi connectivity index (χ2n) is 6.65. The number of hydrogen-bond donors (Lipinski definition) is 0. The molecule has 1 heterocycles.